The van der Waals surface area contributed by atoms with Crippen molar-refractivity contribution in [3.63, 3.8) is 0 Å². The van der Waals surface area contributed by atoms with Crippen LogP contribution in [0.25, 0.3) is 0 Å². The topological polar surface area (TPSA) is 38.3 Å². The first-order valence-electron chi connectivity index (χ1n) is 4.93. The van der Waals surface area contributed by atoms with Gasteiger partial charge in [0.05, 0.1) is 0 Å². The number of carbonyl (C=O) groups excluding carboxylic acids is 1. The monoisotopic (exact) mass is 203 g/mol. The lowest BCUT2D eigenvalue weighted by Crippen LogP contribution is -2.23. The van der Waals surface area contributed by atoms with Crippen LogP contribution >= 0.6 is 0 Å². The van der Waals surface area contributed by atoms with Gasteiger partial charge in [-0.05, 0) is 18.2 Å². The molecule has 1 atom stereocenters. The quantitative estimate of drug-likeness (QED) is 0.708. The highest BCUT2D eigenvalue weighted by atomic mass is 16.5. The Bertz CT molecular complexity index is 413. The third-order valence-electron chi connectivity index (χ3n) is 2.36. The molecule has 1 unspecified atom stereocenters. The average Bonchev–Trinajstić information content (AvgIpc) is 2.17. The molecule has 1 aliphatic heterocycles. The zero-order valence-corrected chi connectivity index (χ0v) is 8.78. The second-order valence-electron chi connectivity index (χ2n) is 3.64. The molecule has 3 heteroatoms. The number of allylic oxidation sites excluding steroid dienone is 6. The van der Waals surface area contributed by atoms with E-state index in [1.54, 1.807) is 6.08 Å². The number of rotatable bonds is 1. The number of hydrogen-bond acceptors (Lipinski definition) is 2. The molecule has 0 bridgehead atoms. The lowest BCUT2D eigenvalue weighted by Gasteiger charge is -2.23. The van der Waals surface area contributed by atoms with E-state index in [-0.39, 0.29) is 5.91 Å². The van der Waals surface area contributed by atoms with Crippen LogP contribution in [0.1, 0.15) is 13.8 Å². The van der Waals surface area contributed by atoms with Crippen LogP contribution in [0.5, 0.6) is 0 Å². The van der Waals surface area contributed by atoms with Gasteiger partial charge in [0.15, 0.2) is 5.88 Å². The predicted molar refractivity (Wildman–Crippen MR) is 57.5 cm³/mol. The largest absolute Gasteiger partial charge is 0.441 e. The minimum absolute atomic E-state index is 0.127. The molecule has 0 spiro atoms. The molecule has 15 heavy (non-hydrogen) atoms. The first-order chi connectivity index (χ1) is 7.16. The van der Waals surface area contributed by atoms with Gasteiger partial charge in [0.1, 0.15) is 5.76 Å². The molecular weight excluding hydrogens is 190 g/mol. The maximum absolute atomic E-state index is 10.9. The number of carbonyl (C=O) groups is 1. The first-order valence-corrected chi connectivity index (χ1v) is 4.93. The first kappa shape index (κ1) is 9.77. The van der Waals surface area contributed by atoms with E-state index in [4.69, 9.17) is 4.74 Å². The molecule has 0 aromatic carbocycles. The maximum atomic E-state index is 10.9. The Hall–Kier alpha value is -1.77. The minimum Gasteiger partial charge on any atom is -0.441 e. The standard InChI is InChI=1S/C12H13NO2/c1-8-4-3-5-11-10(8)6-7-12(15-11)13-9(2)14/h3-8H,1-2H3,(H,13,14). The van der Waals surface area contributed by atoms with E-state index < -0.39 is 0 Å². The van der Waals surface area contributed by atoms with Crippen LogP contribution < -0.4 is 5.32 Å². The smallest absolute Gasteiger partial charge is 0.223 e. The van der Waals surface area contributed by atoms with Gasteiger partial charge in [-0.3, -0.25) is 10.1 Å². The van der Waals surface area contributed by atoms with Crippen LogP contribution in [0.4, 0.5) is 0 Å². The van der Waals surface area contributed by atoms with Gasteiger partial charge in [0.25, 0.3) is 0 Å². The van der Waals surface area contributed by atoms with Crippen molar-refractivity contribution in [2.75, 3.05) is 0 Å². The van der Waals surface area contributed by atoms with E-state index in [9.17, 15) is 4.79 Å². The maximum Gasteiger partial charge on any atom is 0.223 e. The Morgan fingerprint density at radius 3 is 2.93 bits per heavy atom. The molecule has 0 radical (unpaired) electrons. The molecule has 0 saturated heterocycles. The van der Waals surface area contributed by atoms with Crippen LogP contribution in [-0.2, 0) is 9.53 Å². The molecular formula is C12H13NO2. The molecule has 0 aromatic heterocycles. The van der Waals surface area contributed by atoms with Crippen molar-refractivity contribution in [3.05, 3.63) is 47.6 Å². The van der Waals surface area contributed by atoms with E-state index in [1.807, 2.05) is 18.2 Å². The molecule has 1 heterocycles. The van der Waals surface area contributed by atoms with Gasteiger partial charge in [0.2, 0.25) is 5.91 Å². The van der Waals surface area contributed by atoms with Crippen molar-refractivity contribution in [2.45, 2.75) is 13.8 Å². The fourth-order valence-corrected chi connectivity index (χ4v) is 1.62. The number of nitrogens with one attached hydrogen (secondary N) is 1. The lowest BCUT2D eigenvalue weighted by atomic mass is 9.93. The molecule has 0 aromatic rings. The second-order valence-corrected chi connectivity index (χ2v) is 3.64. The van der Waals surface area contributed by atoms with E-state index in [1.165, 1.54) is 6.92 Å². The predicted octanol–water partition coefficient (Wildman–Crippen LogP) is 2.01. The number of amides is 1. The summed E-state index contributed by atoms with van der Waals surface area (Å²) in [5, 5.41) is 2.62. The van der Waals surface area contributed by atoms with Crippen molar-refractivity contribution in [1.29, 1.82) is 0 Å². The number of ether oxygens (including phenoxy) is 1. The molecule has 78 valence electrons. The Balaban J connectivity index is 2.22. The Kier molecular flexibility index (Phi) is 2.46. The fraction of sp³-hybridized carbons (Fsp3) is 0.250. The third kappa shape index (κ3) is 2.01. The van der Waals surface area contributed by atoms with E-state index in [2.05, 4.69) is 18.3 Å². The summed E-state index contributed by atoms with van der Waals surface area (Å²) in [5.41, 5.74) is 1.15. The molecule has 3 nitrogen and oxygen atoms in total. The van der Waals surface area contributed by atoms with E-state index >= 15 is 0 Å². The van der Waals surface area contributed by atoms with Crippen LogP contribution in [-0.4, -0.2) is 5.91 Å². The molecule has 1 amide bonds. The van der Waals surface area contributed by atoms with Gasteiger partial charge >= 0.3 is 0 Å². The highest BCUT2D eigenvalue weighted by molar-refractivity contribution is 5.74. The lowest BCUT2D eigenvalue weighted by molar-refractivity contribution is -0.118. The van der Waals surface area contributed by atoms with Crippen LogP contribution in [0.3, 0.4) is 0 Å². The Morgan fingerprint density at radius 2 is 2.20 bits per heavy atom. The van der Waals surface area contributed by atoms with Gasteiger partial charge < -0.3 is 4.74 Å². The molecule has 1 aliphatic carbocycles. The molecule has 2 aliphatic rings. The van der Waals surface area contributed by atoms with Gasteiger partial charge in [-0.2, -0.15) is 0 Å². The summed E-state index contributed by atoms with van der Waals surface area (Å²) in [6.45, 7) is 3.57. The number of hydrogen-bond donors (Lipinski definition) is 1. The molecule has 0 fully saturated rings. The highest BCUT2D eigenvalue weighted by Gasteiger charge is 2.19. The Labute approximate surface area is 88.8 Å². The van der Waals surface area contributed by atoms with Crippen molar-refractivity contribution < 1.29 is 9.53 Å². The third-order valence-corrected chi connectivity index (χ3v) is 2.36. The van der Waals surface area contributed by atoms with E-state index in [0.717, 1.165) is 11.3 Å². The zero-order valence-electron chi connectivity index (χ0n) is 8.78. The minimum atomic E-state index is -0.127. The van der Waals surface area contributed by atoms with Gasteiger partial charge in [-0.15, -0.1) is 0 Å². The summed E-state index contributed by atoms with van der Waals surface area (Å²) in [6, 6.07) is 0. The summed E-state index contributed by atoms with van der Waals surface area (Å²) in [5.74, 6) is 1.54. The van der Waals surface area contributed by atoms with Crippen molar-refractivity contribution in [3.8, 4) is 0 Å². The van der Waals surface area contributed by atoms with Crippen molar-refractivity contribution >= 4 is 5.91 Å². The van der Waals surface area contributed by atoms with Crippen LogP contribution in [0.2, 0.25) is 0 Å². The number of fused-ring (bicyclic) bond motifs is 1. The SMILES string of the molecule is CC(=O)NC1=CC=C2C(=CC=CC2C)O1. The van der Waals surface area contributed by atoms with Gasteiger partial charge in [0, 0.05) is 18.4 Å². The van der Waals surface area contributed by atoms with Crippen molar-refractivity contribution in [1.82, 2.24) is 5.32 Å². The van der Waals surface area contributed by atoms with Crippen molar-refractivity contribution in [2.24, 2.45) is 5.92 Å². The summed E-state index contributed by atoms with van der Waals surface area (Å²) in [4.78, 5) is 10.9. The van der Waals surface area contributed by atoms with Crippen LogP contribution in [0.15, 0.2) is 47.6 Å². The average molecular weight is 203 g/mol. The highest BCUT2D eigenvalue weighted by Crippen LogP contribution is 2.30. The molecule has 0 saturated carbocycles. The van der Waals surface area contributed by atoms with Crippen LogP contribution in [0, 0.1) is 5.92 Å². The zero-order chi connectivity index (χ0) is 10.8. The Morgan fingerprint density at radius 1 is 1.40 bits per heavy atom. The summed E-state index contributed by atoms with van der Waals surface area (Å²) < 4.78 is 5.54. The van der Waals surface area contributed by atoms with Gasteiger partial charge in [-0.25, -0.2) is 0 Å². The normalized spacial score (nSPS) is 23.1. The van der Waals surface area contributed by atoms with Gasteiger partial charge in [-0.1, -0.05) is 19.1 Å². The second kappa shape index (κ2) is 3.77. The summed E-state index contributed by atoms with van der Waals surface area (Å²) in [7, 11) is 0. The fourth-order valence-electron chi connectivity index (χ4n) is 1.62. The summed E-state index contributed by atoms with van der Waals surface area (Å²) in [6.07, 6.45) is 9.74. The summed E-state index contributed by atoms with van der Waals surface area (Å²) >= 11 is 0. The van der Waals surface area contributed by atoms with E-state index in [0.29, 0.717) is 11.8 Å². The molecule has 1 N–H and O–H groups in total. The molecule has 2 rings (SSSR count).